The van der Waals surface area contributed by atoms with Crippen molar-refractivity contribution >= 4 is 0 Å². The van der Waals surface area contributed by atoms with Gasteiger partial charge in [0.15, 0.2) is 0 Å². The van der Waals surface area contributed by atoms with Crippen LogP contribution in [-0.2, 0) is 6.54 Å². The first kappa shape index (κ1) is 13.4. The molecule has 100 valence electrons. The van der Waals surface area contributed by atoms with Gasteiger partial charge in [0.05, 0.1) is 11.4 Å². The smallest absolute Gasteiger partial charge is 0.251 e. The molecule has 2 aromatic rings. The summed E-state index contributed by atoms with van der Waals surface area (Å²) >= 11 is 0. The van der Waals surface area contributed by atoms with Gasteiger partial charge in [-0.3, -0.25) is 14.7 Å². The lowest BCUT2D eigenvalue weighted by Gasteiger charge is -2.23. The Balaban J connectivity index is 2.12. The normalized spacial score (nSPS) is 12.6. The molecule has 0 saturated carbocycles. The van der Waals surface area contributed by atoms with E-state index in [1.807, 2.05) is 25.2 Å². The van der Waals surface area contributed by atoms with Crippen LogP contribution in [0.1, 0.15) is 30.2 Å². The van der Waals surface area contributed by atoms with Crippen molar-refractivity contribution in [3.63, 3.8) is 0 Å². The lowest BCUT2D eigenvalue weighted by molar-refractivity contribution is 0.245. The van der Waals surface area contributed by atoms with Crippen LogP contribution in [0.3, 0.4) is 0 Å². The standard InChI is InChI=1S/C14H18N4O/c1-10(13-6-4-5-7-15-13)18(3)9-12-8-14(19)17-11(2)16-12/h4-8,10H,9H2,1-3H3,(H,16,17,19)/t10-/m0/s1. The molecule has 5 nitrogen and oxygen atoms in total. The van der Waals surface area contributed by atoms with Crippen LogP contribution in [0, 0.1) is 6.92 Å². The first-order valence-corrected chi connectivity index (χ1v) is 6.24. The van der Waals surface area contributed by atoms with Crippen molar-refractivity contribution in [1.29, 1.82) is 0 Å². The van der Waals surface area contributed by atoms with E-state index in [0.29, 0.717) is 12.4 Å². The second-order valence-electron chi connectivity index (χ2n) is 4.67. The van der Waals surface area contributed by atoms with E-state index in [-0.39, 0.29) is 11.6 Å². The highest BCUT2D eigenvalue weighted by molar-refractivity contribution is 5.09. The minimum Gasteiger partial charge on any atom is -0.311 e. The van der Waals surface area contributed by atoms with Gasteiger partial charge in [-0.15, -0.1) is 0 Å². The molecule has 1 N–H and O–H groups in total. The molecule has 0 unspecified atom stereocenters. The van der Waals surface area contributed by atoms with Crippen LogP contribution in [0.5, 0.6) is 0 Å². The summed E-state index contributed by atoms with van der Waals surface area (Å²) in [5.41, 5.74) is 1.67. The van der Waals surface area contributed by atoms with Crippen LogP contribution >= 0.6 is 0 Å². The molecule has 0 fully saturated rings. The lowest BCUT2D eigenvalue weighted by Crippen LogP contribution is -2.24. The molecule has 19 heavy (non-hydrogen) atoms. The van der Waals surface area contributed by atoms with Crippen molar-refractivity contribution in [2.24, 2.45) is 0 Å². The minimum absolute atomic E-state index is 0.110. The summed E-state index contributed by atoms with van der Waals surface area (Å²) in [7, 11) is 2.00. The van der Waals surface area contributed by atoms with Crippen molar-refractivity contribution in [1.82, 2.24) is 19.9 Å². The Bertz CT molecular complexity index is 594. The summed E-state index contributed by atoms with van der Waals surface area (Å²) in [4.78, 5) is 24.8. The number of aromatic nitrogens is 3. The second-order valence-corrected chi connectivity index (χ2v) is 4.67. The number of H-pyrrole nitrogens is 1. The van der Waals surface area contributed by atoms with Crippen LogP contribution in [0.4, 0.5) is 0 Å². The van der Waals surface area contributed by atoms with Gasteiger partial charge in [-0.2, -0.15) is 0 Å². The predicted octanol–water partition coefficient (Wildman–Crippen LogP) is 1.67. The van der Waals surface area contributed by atoms with Gasteiger partial charge < -0.3 is 4.98 Å². The molecular formula is C14H18N4O. The van der Waals surface area contributed by atoms with E-state index in [0.717, 1.165) is 11.4 Å². The molecule has 0 amide bonds. The fourth-order valence-corrected chi connectivity index (χ4v) is 1.96. The van der Waals surface area contributed by atoms with Gasteiger partial charge in [0.1, 0.15) is 5.82 Å². The number of hydrogen-bond acceptors (Lipinski definition) is 4. The van der Waals surface area contributed by atoms with E-state index in [9.17, 15) is 4.79 Å². The van der Waals surface area contributed by atoms with Gasteiger partial charge in [0.25, 0.3) is 5.56 Å². The maximum atomic E-state index is 11.4. The maximum absolute atomic E-state index is 11.4. The number of pyridine rings is 1. The predicted molar refractivity (Wildman–Crippen MR) is 73.7 cm³/mol. The summed E-state index contributed by atoms with van der Waals surface area (Å²) in [5.74, 6) is 0.640. The summed E-state index contributed by atoms with van der Waals surface area (Å²) in [6, 6.07) is 7.58. The number of aromatic amines is 1. The molecule has 0 aromatic carbocycles. The fourth-order valence-electron chi connectivity index (χ4n) is 1.96. The number of aryl methyl sites for hydroxylation is 1. The summed E-state index contributed by atoms with van der Waals surface area (Å²) < 4.78 is 0. The molecule has 0 spiro atoms. The van der Waals surface area contributed by atoms with Gasteiger partial charge in [-0.05, 0) is 33.0 Å². The molecule has 0 aliphatic rings. The minimum atomic E-state index is -0.110. The van der Waals surface area contributed by atoms with Crippen molar-refractivity contribution in [3.8, 4) is 0 Å². The topological polar surface area (TPSA) is 61.9 Å². The molecule has 0 saturated heterocycles. The van der Waals surface area contributed by atoms with Gasteiger partial charge in [-0.25, -0.2) is 4.98 Å². The highest BCUT2D eigenvalue weighted by Crippen LogP contribution is 2.17. The monoisotopic (exact) mass is 258 g/mol. The number of rotatable bonds is 4. The third-order valence-electron chi connectivity index (χ3n) is 3.10. The van der Waals surface area contributed by atoms with Gasteiger partial charge in [-0.1, -0.05) is 6.07 Å². The summed E-state index contributed by atoms with van der Waals surface area (Å²) in [6.45, 7) is 4.48. The zero-order valence-electron chi connectivity index (χ0n) is 11.4. The zero-order valence-corrected chi connectivity index (χ0v) is 11.4. The Morgan fingerprint density at radius 1 is 1.42 bits per heavy atom. The molecule has 2 aromatic heterocycles. The number of nitrogens with zero attached hydrogens (tertiary/aromatic N) is 3. The third kappa shape index (κ3) is 3.48. The van der Waals surface area contributed by atoms with Crippen LogP contribution in [0.15, 0.2) is 35.3 Å². The van der Waals surface area contributed by atoms with E-state index in [4.69, 9.17) is 0 Å². The van der Waals surface area contributed by atoms with E-state index < -0.39 is 0 Å². The summed E-state index contributed by atoms with van der Waals surface area (Å²) in [6.07, 6.45) is 1.79. The van der Waals surface area contributed by atoms with E-state index >= 15 is 0 Å². The Morgan fingerprint density at radius 2 is 2.21 bits per heavy atom. The number of nitrogens with one attached hydrogen (secondary N) is 1. The fraction of sp³-hybridized carbons (Fsp3) is 0.357. The van der Waals surface area contributed by atoms with Crippen LogP contribution in [-0.4, -0.2) is 26.9 Å². The van der Waals surface area contributed by atoms with Crippen molar-refractivity contribution in [2.45, 2.75) is 26.4 Å². The molecule has 2 rings (SSSR count). The summed E-state index contributed by atoms with van der Waals surface area (Å²) in [5, 5.41) is 0. The highest BCUT2D eigenvalue weighted by Gasteiger charge is 2.13. The molecule has 0 aliphatic carbocycles. The third-order valence-corrected chi connectivity index (χ3v) is 3.10. The molecule has 0 aliphatic heterocycles. The average molecular weight is 258 g/mol. The molecule has 0 radical (unpaired) electrons. The zero-order chi connectivity index (χ0) is 13.8. The molecule has 2 heterocycles. The Kier molecular flexibility index (Phi) is 4.06. The quantitative estimate of drug-likeness (QED) is 0.906. The number of hydrogen-bond donors (Lipinski definition) is 1. The molecule has 0 bridgehead atoms. The second kappa shape index (κ2) is 5.75. The SMILES string of the molecule is Cc1nc(CN(C)[C@@H](C)c2ccccn2)cc(=O)[nH]1. The lowest BCUT2D eigenvalue weighted by atomic mass is 10.2. The van der Waals surface area contributed by atoms with Gasteiger partial charge in [0.2, 0.25) is 0 Å². The van der Waals surface area contributed by atoms with Crippen LogP contribution in [0.2, 0.25) is 0 Å². The largest absolute Gasteiger partial charge is 0.311 e. The van der Waals surface area contributed by atoms with E-state index in [2.05, 4.69) is 26.8 Å². The Morgan fingerprint density at radius 3 is 2.84 bits per heavy atom. The molecular weight excluding hydrogens is 240 g/mol. The molecule has 5 heteroatoms. The maximum Gasteiger partial charge on any atom is 0.251 e. The van der Waals surface area contributed by atoms with Crippen LogP contribution in [0.25, 0.3) is 0 Å². The van der Waals surface area contributed by atoms with E-state index in [1.165, 1.54) is 6.07 Å². The van der Waals surface area contributed by atoms with Gasteiger partial charge >= 0.3 is 0 Å². The van der Waals surface area contributed by atoms with Gasteiger partial charge in [0, 0.05) is 24.8 Å². The van der Waals surface area contributed by atoms with Crippen molar-refractivity contribution in [3.05, 3.63) is 58.0 Å². The van der Waals surface area contributed by atoms with Crippen LogP contribution < -0.4 is 5.56 Å². The first-order chi connectivity index (χ1) is 9.06. The Hall–Kier alpha value is -2.01. The molecule has 1 atom stereocenters. The average Bonchev–Trinajstić information content (AvgIpc) is 2.37. The first-order valence-electron chi connectivity index (χ1n) is 6.24. The van der Waals surface area contributed by atoms with Crippen molar-refractivity contribution < 1.29 is 0 Å². The van der Waals surface area contributed by atoms with E-state index in [1.54, 1.807) is 13.1 Å². The van der Waals surface area contributed by atoms with Crippen molar-refractivity contribution in [2.75, 3.05) is 7.05 Å². The highest BCUT2D eigenvalue weighted by atomic mass is 16.1. The Labute approximate surface area is 112 Å².